The molecule has 0 saturated carbocycles. The third kappa shape index (κ3) is 2.58. The fourth-order valence-corrected chi connectivity index (χ4v) is 0.897. The van der Waals surface area contributed by atoms with Gasteiger partial charge in [-0.3, -0.25) is 10.1 Å². The van der Waals surface area contributed by atoms with E-state index in [0.29, 0.717) is 6.61 Å². The molecule has 0 aliphatic heterocycles. The molecule has 0 saturated heterocycles. The van der Waals surface area contributed by atoms with Gasteiger partial charge in [0.05, 0.1) is 23.7 Å². The first-order chi connectivity index (χ1) is 6.63. The second-order valence-electron chi connectivity index (χ2n) is 2.69. The molecule has 76 valence electrons. The maximum atomic E-state index is 10.4. The molecule has 0 aromatic carbocycles. The summed E-state index contributed by atoms with van der Waals surface area (Å²) < 4.78 is 5.13. The van der Waals surface area contributed by atoms with Crippen LogP contribution in [0.3, 0.4) is 0 Å². The zero-order chi connectivity index (χ0) is 10.6. The van der Waals surface area contributed by atoms with E-state index in [2.05, 4.69) is 4.98 Å². The molecule has 0 spiro atoms. The van der Waals surface area contributed by atoms with E-state index in [1.54, 1.807) is 0 Å². The zero-order valence-electron chi connectivity index (χ0n) is 7.77. The summed E-state index contributed by atoms with van der Waals surface area (Å²) in [5, 5.41) is 10.4. The highest BCUT2D eigenvalue weighted by Gasteiger charge is 2.09. The predicted octanol–water partition coefficient (Wildman–Crippen LogP) is 1.36. The number of ether oxygens (including phenoxy) is 1. The lowest BCUT2D eigenvalue weighted by Crippen LogP contribution is -2.01. The maximum Gasteiger partial charge on any atom is 0.278 e. The molecule has 1 aromatic heterocycles. The number of anilines is 1. The predicted molar refractivity (Wildman–Crippen MR) is 51.1 cm³/mol. The van der Waals surface area contributed by atoms with Gasteiger partial charge in [-0.25, -0.2) is 0 Å². The van der Waals surface area contributed by atoms with Crippen molar-refractivity contribution in [3.8, 4) is 5.88 Å². The van der Waals surface area contributed by atoms with Crippen LogP contribution in [0.4, 0.5) is 11.5 Å². The summed E-state index contributed by atoms with van der Waals surface area (Å²) in [5.74, 6) is 0.281. The quantitative estimate of drug-likeness (QED) is 0.581. The van der Waals surface area contributed by atoms with Crippen LogP contribution in [0.2, 0.25) is 0 Å². The van der Waals surface area contributed by atoms with Crippen molar-refractivity contribution >= 4 is 11.5 Å². The van der Waals surface area contributed by atoms with E-state index in [-0.39, 0.29) is 17.4 Å². The second-order valence-corrected chi connectivity index (χ2v) is 2.69. The van der Waals surface area contributed by atoms with Gasteiger partial charge in [-0.2, -0.15) is 4.98 Å². The molecular formula is C8H11N3O3. The molecule has 0 amide bonds. The number of hydrogen-bond donors (Lipinski definition) is 1. The lowest BCUT2D eigenvalue weighted by Gasteiger charge is -2.03. The molecule has 6 nitrogen and oxygen atoms in total. The monoisotopic (exact) mass is 197 g/mol. The van der Waals surface area contributed by atoms with E-state index < -0.39 is 4.92 Å². The Morgan fingerprint density at radius 2 is 2.36 bits per heavy atom. The molecule has 6 heteroatoms. The zero-order valence-corrected chi connectivity index (χ0v) is 7.77. The minimum atomic E-state index is -0.531. The first-order valence-corrected chi connectivity index (χ1v) is 4.18. The summed E-state index contributed by atoms with van der Waals surface area (Å²) in [4.78, 5) is 13.7. The molecule has 1 aromatic rings. The Labute approximate surface area is 80.9 Å². The molecular weight excluding hydrogens is 186 g/mol. The van der Waals surface area contributed by atoms with Crippen LogP contribution in [-0.4, -0.2) is 16.5 Å². The first-order valence-electron chi connectivity index (χ1n) is 4.18. The Morgan fingerprint density at radius 3 is 2.93 bits per heavy atom. The molecule has 0 unspecified atom stereocenters. The van der Waals surface area contributed by atoms with Crippen LogP contribution in [0.5, 0.6) is 5.88 Å². The van der Waals surface area contributed by atoms with E-state index in [1.807, 2.05) is 6.92 Å². The van der Waals surface area contributed by atoms with E-state index in [9.17, 15) is 10.1 Å². The van der Waals surface area contributed by atoms with Gasteiger partial charge in [-0.05, 0) is 6.42 Å². The molecule has 1 rings (SSSR count). The van der Waals surface area contributed by atoms with Crippen LogP contribution in [0.15, 0.2) is 12.1 Å². The molecule has 0 fully saturated rings. The highest BCUT2D eigenvalue weighted by molar-refractivity contribution is 5.45. The molecule has 1 heterocycles. The van der Waals surface area contributed by atoms with Crippen LogP contribution < -0.4 is 10.5 Å². The maximum absolute atomic E-state index is 10.4. The van der Waals surface area contributed by atoms with E-state index in [4.69, 9.17) is 10.5 Å². The topological polar surface area (TPSA) is 91.3 Å². The minimum Gasteiger partial charge on any atom is -0.477 e. The number of rotatable bonds is 4. The summed E-state index contributed by atoms with van der Waals surface area (Å²) in [6, 6.07) is 2.45. The van der Waals surface area contributed by atoms with E-state index >= 15 is 0 Å². The van der Waals surface area contributed by atoms with Crippen LogP contribution in [0.25, 0.3) is 0 Å². The Bertz CT molecular complexity index is 341. The third-order valence-corrected chi connectivity index (χ3v) is 1.47. The van der Waals surface area contributed by atoms with Crippen molar-refractivity contribution in [2.75, 3.05) is 12.3 Å². The van der Waals surface area contributed by atoms with Gasteiger partial charge in [0.15, 0.2) is 0 Å². The second kappa shape index (κ2) is 4.40. The lowest BCUT2D eigenvalue weighted by atomic mass is 10.4. The molecule has 2 N–H and O–H groups in total. The van der Waals surface area contributed by atoms with Crippen molar-refractivity contribution in [1.29, 1.82) is 0 Å². The number of nitrogens with two attached hydrogens (primary N) is 1. The van der Waals surface area contributed by atoms with Crippen LogP contribution in [0, 0.1) is 10.1 Å². The van der Waals surface area contributed by atoms with Gasteiger partial charge in [0.2, 0.25) is 5.88 Å². The van der Waals surface area contributed by atoms with Crippen LogP contribution in [-0.2, 0) is 0 Å². The minimum absolute atomic E-state index is 0.0882. The van der Waals surface area contributed by atoms with Gasteiger partial charge in [0.25, 0.3) is 5.69 Å². The average Bonchev–Trinajstić information content (AvgIpc) is 2.14. The fraction of sp³-hybridized carbons (Fsp3) is 0.375. The number of hydrogen-bond acceptors (Lipinski definition) is 5. The number of pyridine rings is 1. The van der Waals surface area contributed by atoms with Crippen molar-refractivity contribution in [2.24, 2.45) is 0 Å². The van der Waals surface area contributed by atoms with Gasteiger partial charge >= 0.3 is 0 Å². The fourth-order valence-electron chi connectivity index (χ4n) is 0.897. The highest BCUT2D eigenvalue weighted by atomic mass is 16.6. The Balaban J connectivity index is 2.89. The van der Waals surface area contributed by atoms with Gasteiger partial charge in [0, 0.05) is 0 Å². The summed E-state index contributed by atoms with van der Waals surface area (Å²) in [5.41, 5.74) is 5.27. The Hall–Kier alpha value is -1.85. The summed E-state index contributed by atoms with van der Waals surface area (Å²) >= 11 is 0. The molecule has 0 aliphatic carbocycles. The third-order valence-electron chi connectivity index (χ3n) is 1.47. The van der Waals surface area contributed by atoms with Crippen LogP contribution >= 0.6 is 0 Å². The van der Waals surface area contributed by atoms with Crippen molar-refractivity contribution in [3.05, 3.63) is 22.2 Å². The van der Waals surface area contributed by atoms with Crippen molar-refractivity contribution in [2.45, 2.75) is 13.3 Å². The van der Waals surface area contributed by atoms with E-state index in [0.717, 1.165) is 6.42 Å². The van der Waals surface area contributed by atoms with Gasteiger partial charge in [0.1, 0.15) is 5.82 Å². The number of nitrogens with zero attached hydrogens (tertiary/aromatic N) is 2. The molecule has 14 heavy (non-hydrogen) atoms. The summed E-state index contributed by atoms with van der Waals surface area (Å²) in [6.45, 7) is 2.40. The lowest BCUT2D eigenvalue weighted by molar-refractivity contribution is -0.384. The summed E-state index contributed by atoms with van der Waals surface area (Å²) in [7, 11) is 0. The van der Waals surface area contributed by atoms with Crippen molar-refractivity contribution in [1.82, 2.24) is 4.98 Å². The molecule has 0 radical (unpaired) electrons. The van der Waals surface area contributed by atoms with Gasteiger partial charge in [-0.15, -0.1) is 0 Å². The number of nitrogen functional groups attached to an aromatic ring is 1. The Kier molecular flexibility index (Phi) is 3.22. The molecule has 0 atom stereocenters. The highest BCUT2D eigenvalue weighted by Crippen LogP contribution is 2.20. The standard InChI is InChI=1S/C8H11N3O3/c1-2-3-14-8-5-6(11(12)13)4-7(9)10-8/h4-5H,2-3H2,1H3,(H2,9,10). The number of aromatic nitrogens is 1. The van der Waals surface area contributed by atoms with Crippen LogP contribution in [0.1, 0.15) is 13.3 Å². The molecule has 0 bridgehead atoms. The van der Waals surface area contributed by atoms with Gasteiger partial charge < -0.3 is 10.5 Å². The molecule has 0 aliphatic rings. The normalized spacial score (nSPS) is 9.79. The van der Waals surface area contributed by atoms with Crippen molar-refractivity contribution in [3.63, 3.8) is 0 Å². The van der Waals surface area contributed by atoms with Crippen molar-refractivity contribution < 1.29 is 9.66 Å². The van der Waals surface area contributed by atoms with E-state index in [1.165, 1.54) is 12.1 Å². The number of nitro groups is 1. The largest absolute Gasteiger partial charge is 0.477 e. The SMILES string of the molecule is CCCOc1cc([N+](=O)[O-])cc(N)n1. The smallest absolute Gasteiger partial charge is 0.278 e. The van der Waals surface area contributed by atoms with Gasteiger partial charge in [-0.1, -0.05) is 6.92 Å². The Morgan fingerprint density at radius 1 is 1.64 bits per heavy atom. The first kappa shape index (κ1) is 10.2. The average molecular weight is 197 g/mol. The summed E-state index contributed by atoms with van der Waals surface area (Å²) in [6.07, 6.45) is 0.810.